The third kappa shape index (κ3) is 6.54. The average Bonchev–Trinajstić information content (AvgIpc) is 3.00. The van der Waals surface area contributed by atoms with Gasteiger partial charge in [-0.15, -0.1) is 0 Å². The van der Waals surface area contributed by atoms with E-state index < -0.39 is 5.97 Å². The van der Waals surface area contributed by atoms with Gasteiger partial charge < -0.3 is 23.8 Å². The summed E-state index contributed by atoms with van der Waals surface area (Å²) in [5, 5.41) is 0.751. The number of ether oxygens (including phenoxy) is 4. The number of hydrogen-bond acceptors (Lipinski definition) is 9. The van der Waals surface area contributed by atoms with Crippen molar-refractivity contribution in [3.63, 3.8) is 0 Å². The Morgan fingerprint density at radius 3 is 2.27 bits per heavy atom. The number of benzene rings is 3. The molecule has 0 spiro atoms. The second kappa shape index (κ2) is 13.2. The number of carbonyl (C=O) groups excluding carboxylic acids is 1. The molecule has 5 rings (SSSR count). The van der Waals surface area contributed by atoms with Crippen molar-refractivity contribution in [3.05, 3.63) is 65.2 Å². The van der Waals surface area contributed by atoms with Gasteiger partial charge in [0.05, 0.1) is 38.3 Å². The van der Waals surface area contributed by atoms with E-state index in [0.717, 1.165) is 37.7 Å². The zero-order valence-corrected chi connectivity index (χ0v) is 25.5. The van der Waals surface area contributed by atoms with Crippen LogP contribution in [-0.4, -0.2) is 89.0 Å². The Bertz CT molecular complexity index is 1360. The molecular weight excluding hydrogens is 562 g/mol. The van der Waals surface area contributed by atoms with E-state index in [1.807, 2.05) is 6.07 Å². The van der Waals surface area contributed by atoms with Gasteiger partial charge in [0.2, 0.25) is 5.75 Å². The number of para-hydroxylation sites is 1. The predicted molar refractivity (Wildman–Crippen MR) is 163 cm³/mol. The smallest absolute Gasteiger partial charge is 0.338 e. The Balaban J connectivity index is 1.14. The third-order valence-electron chi connectivity index (χ3n) is 7.61. The zero-order valence-electron chi connectivity index (χ0n) is 23.9. The molecule has 10 heteroatoms. The second-order valence-corrected chi connectivity index (χ2v) is 11.6. The number of fused-ring (bicyclic) bond motifs is 2. The van der Waals surface area contributed by atoms with Crippen molar-refractivity contribution in [3.8, 4) is 17.2 Å². The fourth-order valence-electron chi connectivity index (χ4n) is 5.36. The molecule has 41 heavy (non-hydrogen) atoms. The lowest BCUT2D eigenvalue weighted by molar-refractivity contribution is 0.0404. The molecule has 2 heterocycles. The zero-order chi connectivity index (χ0) is 28.9. The van der Waals surface area contributed by atoms with Gasteiger partial charge in [0, 0.05) is 60.1 Å². The Kier molecular flexibility index (Phi) is 9.49. The summed E-state index contributed by atoms with van der Waals surface area (Å²) in [5.41, 5.74) is 2.76. The monoisotopic (exact) mass is 597 g/mol. The van der Waals surface area contributed by atoms with Gasteiger partial charge in [0.1, 0.15) is 6.61 Å². The molecule has 0 bridgehead atoms. The van der Waals surface area contributed by atoms with Crippen LogP contribution in [0.15, 0.2) is 64.4 Å². The lowest BCUT2D eigenvalue weighted by Crippen LogP contribution is -2.52. The van der Waals surface area contributed by atoms with E-state index in [1.165, 1.54) is 42.5 Å². The maximum atomic E-state index is 12.7. The maximum Gasteiger partial charge on any atom is 0.338 e. The molecule has 0 amide bonds. The number of halogens is 1. The standard InChI is InChI=1S/C31H36ClN3O5S/c1-21(20-35-24-7-5-6-8-28(24)41-29-10-9-23(32)19-25(29)35)34-13-11-33(12-14-34)15-16-40-31(36)22-17-26(37-2)30(39-4)27(18-22)38-3/h5-10,17-19,21H,11-16,20H2,1-4H3. The van der Waals surface area contributed by atoms with Crippen LogP contribution in [0.25, 0.3) is 0 Å². The van der Waals surface area contributed by atoms with Crippen molar-refractivity contribution >= 4 is 40.7 Å². The molecule has 3 aromatic rings. The van der Waals surface area contributed by atoms with Crippen LogP contribution in [0, 0.1) is 0 Å². The summed E-state index contributed by atoms with van der Waals surface area (Å²) < 4.78 is 21.6. The highest BCUT2D eigenvalue weighted by Gasteiger charge is 2.28. The highest BCUT2D eigenvalue weighted by Crippen LogP contribution is 2.48. The molecule has 1 unspecified atom stereocenters. The summed E-state index contributed by atoms with van der Waals surface area (Å²) in [6.07, 6.45) is 0. The second-order valence-electron chi connectivity index (χ2n) is 10.1. The van der Waals surface area contributed by atoms with Gasteiger partial charge >= 0.3 is 5.97 Å². The molecule has 0 aromatic heterocycles. The summed E-state index contributed by atoms with van der Waals surface area (Å²) in [7, 11) is 4.57. The van der Waals surface area contributed by atoms with Crippen molar-refractivity contribution in [1.29, 1.82) is 0 Å². The van der Waals surface area contributed by atoms with Gasteiger partial charge in [0.15, 0.2) is 11.5 Å². The summed E-state index contributed by atoms with van der Waals surface area (Å²) >= 11 is 8.20. The fourth-order valence-corrected chi connectivity index (χ4v) is 6.60. The van der Waals surface area contributed by atoms with Crippen LogP contribution in [0.2, 0.25) is 5.02 Å². The van der Waals surface area contributed by atoms with E-state index >= 15 is 0 Å². The Hall–Kier alpha value is -3.11. The van der Waals surface area contributed by atoms with Crippen LogP contribution < -0.4 is 19.1 Å². The number of anilines is 2. The van der Waals surface area contributed by atoms with E-state index in [2.05, 4.69) is 58.0 Å². The molecule has 2 aliphatic heterocycles. The number of carbonyl (C=O) groups is 1. The lowest BCUT2D eigenvalue weighted by atomic mass is 10.1. The molecule has 1 fully saturated rings. The van der Waals surface area contributed by atoms with Gasteiger partial charge in [-0.25, -0.2) is 4.79 Å². The number of rotatable bonds is 10. The third-order valence-corrected chi connectivity index (χ3v) is 8.97. The van der Waals surface area contributed by atoms with Gasteiger partial charge in [-0.05, 0) is 49.4 Å². The number of nitrogens with zero attached hydrogens (tertiary/aromatic N) is 3. The normalized spacial score (nSPS) is 16.0. The molecule has 0 saturated carbocycles. The van der Waals surface area contributed by atoms with Crippen molar-refractivity contribution in [2.24, 2.45) is 0 Å². The Labute approximate surface area is 251 Å². The molecule has 0 aliphatic carbocycles. The fraction of sp³-hybridized carbons (Fsp3) is 0.387. The molecular formula is C31H36ClN3O5S. The minimum atomic E-state index is -0.420. The quantitative estimate of drug-likeness (QED) is 0.269. The van der Waals surface area contributed by atoms with E-state index in [4.69, 9.17) is 30.5 Å². The van der Waals surface area contributed by atoms with Crippen molar-refractivity contribution in [2.75, 3.05) is 72.1 Å². The molecule has 1 saturated heterocycles. The molecule has 3 aromatic carbocycles. The number of methoxy groups -OCH3 is 3. The topological polar surface area (TPSA) is 63.7 Å². The minimum absolute atomic E-state index is 0.310. The predicted octanol–water partition coefficient (Wildman–Crippen LogP) is 5.83. The van der Waals surface area contributed by atoms with E-state index in [9.17, 15) is 4.79 Å². The highest BCUT2D eigenvalue weighted by atomic mass is 35.5. The molecule has 218 valence electrons. The van der Waals surface area contributed by atoms with Gasteiger partial charge in [0.25, 0.3) is 0 Å². The Morgan fingerprint density at radius 1 is 0.902 bits per heavy atom. The summed E-state index contributed by atoms with van der Waals surface area (Å²) in [6.45, 7) is 7.90. The maximum absolute atomic E-state index is 12.7. The van der Waals surface area contributed by atoms with Crippen LogP contribution in [-0.2, 0) is 4.74 Å². The molecule has 8 nitrogen and oxygen atoms in total. The van der Waals surface area contributed by atoms with E-state index in [1.54, 1.807) is 23.9 Å². The molecule has 1 atom stereocenters. The van der Waals surface area contributed by atoms with E-state index in [0.29, 0.717) is 42.0 Å². The average molecular weight is 598 g/mol. The first kappa shape index (κ1) is 29.4. The minimum Gasteiger partial charge on any atom is -0.493 e. The largest absolute Gasteiger partial charge is 0.493 e. The molecule has 0 N–H and O–H groups in total. The first-order chi connectivity index (χ1) is 19.9. The number of esters is 1. The number of hydrogen-bond donors (Lipinski definition) is 0. The van der Waals surface area contributed by atoms with Crippen molar-refractivity contribution in [2.45, 2.75) is 22.8 Å². The van der Waals surface area contributed by atoms with Crippen LogP contribution in [0.5, 0.6) is 17.2 Å². The summed E-state index contributed by atoms with van der Waals surface area (Å²) in [4.78, 5) is 22.5. The highest BCUT2D eigenvalue weighted by molar-refractivity contribution is 7.99. The van der Waals surface area contributed by atoms with Crippen LogP contribution in [0.3, 0.4) is 0 Å². The molecule has 0 radical (unpaired) electrons. The number of piperazine rings is 1. The lowest BCUT2D eigenvalue weighted by Gasteiger charge is -2.41. The van der Waals surface area contributed by atoms with Crippen LogP contribution >= 0.6 is 23.4 Å². The van der Waals surface area contributed by atoms with Crippen molar-refractivity contribution < 1.29 is 23.7 Å². The Morgan fingerprint density at radius 2 is 1.59 bits per heavy atom. The van der Waals surface area contributed by atoms with Crippen LogP contribution in [0.4, 0.5) is 11.4 Å². The summed E-state index contributed by atoms with van der Waals surface area (Å²) in [6, 6.07) is 18.3. The SMILES string of the molecule is COc1cc(C(=O)OCCN2CCN(C(C)CN3c4ccccc4Sc4ccc(Cl)cc43)CC2)cc(OC)c1OC. The first-order valence-electron chi connectivity index (χ1n) is 13.7. The van der Waals surface area contributed by atoms with Gasteiger partial charge in [-0.3, -0.25) is 9.80 Å². The first-order valence-corrected chi connectivity index (χ1v) is 14.9. The summed E-state index contributed by atoms with van der Waals surface area (Å²) in [5.74, 6) is 0.858. The van der Waals surface area contributed by atoms with Gasteiger partial charge in [-0.2, -0.15) is 0 Å². The van der Waals surface area contributed by atoms with Gasteiger partial charge in [-0.1, -0.05) is 35.5 Å². The van der Waals surface area contributed by atoms with Crippen molar-refractivity contribution in [1.82, 2.24) is 9.80 Å². The van der Waals surface area contributed by atoms with Crippen LogP contribution in [0.1, 0.15) is 17.3 Å². The molecule has 2 aliphatic rings. The van der Waals surface area contributed by atoms with E-state index in [-0.39, 0.29) is 0 Å².